The van der Waals surface area contributed by atoms with Crippen LogP contribution in [0.5, 0.6) is 5.75 Å². The smallest absolute Gasteiger partial charge is 0.311 e. The molecule has 1 rings (SSSR count). The van der Waals surface area contributed by atoms with Gasteiger partial charge in [0, 0.05) is 24.4 Å². The summed E-state index contributed by atoms with van der Waals surface area (Å²) in [4.78, 5) is 32.0. The van der Waals surface area contributed by atoms with Gasteiger partial charge in [0.25, 0.3) is 5.69 Å². The summed E-state index contributed by atoms with van der Waals surface area (Å²) in [7, 11) is 0. The zero-order chi connectivity index (χ0) is 13.5. The highest BCUT2D eigenvalue weighted by atomic mass is 35.5. The number of rotatable bonds is 6. The lowest BCUT2D eigenvalue weighted by Gasteiger charge is -2.05. The van der Waals surface area contributed by atoms with Gasteiger partial charge >= 0.3 is 5.97 Å². The number of hydrogen-bond acceptors (Lipinski definition) is 5. The summed E-state index contributed by atoms with van der Waals surface area (Å²) < 4.78 is 4.92. The van der Waals surface area contributed by atoms with E-state index in [1.54, 1.807) is 0 Å². The van der Waals surface area contributed by atoms with Crippen molar-refractivity contribution in [3.63, 3.8) is 0 Å². The lowest BCUT2D eigenvalue weighted by Crippen LogP contribution is -2.09. The first-order valence-electron chi connectivity index (χ1n) is 5.08. The van der Waals surface area contributed by atoms with Gasteiger partial charge in [0.15, 0.2) is 6.29 Å². The summed E-state index contributed by atoms with van der Waals surface area (Å²) >= 11 is 5.42. The van der Waals surface area contributed by atoms with E-state index in [4.69, 9.17) is 16.3 Å². The lowest BCUT2D eigenvalue weighted by molar-refractivity contribution is -0.384. The first kappa shape index (κ1) is 14.1. The standard InChI is InChI=1S/C11H10ClNO5/c12-5-1-2-11(15)18-10-4-3-9(13(16)17)6-8(10)7-14/h3-4,6-7H,1-2,5H2. The summed E-state index contributed by atoms with van der Waals surface area (Å²) in [5.74, 6) is -0.196. The highest BCUT2D eigenvalue weighted by molar-refractivity contribution is 6.17. The molecule has 1 aromatic rings. The Balaban J connectivity index is 2.86. The molecule has 0 unspecified atom stereocenters. The monoisotopic (exact) mass is 271 g/mol. The van der Waals surface area contributed by atoms with Crippen LogP contribution in [-0.2, 0) is 4.79 Å². The molecule has 0 aliphatic heterocycles. The number of carbonyl (C=O) groups excluding carboxylic acids is 2. The average molecular weight is 272 g/mol. The number of benzene rings is 1. The molecule has 0 fully saturated rings. The van der Waals surface area contributed by atoms with E-state index in [-0.39, 0.29) is 23.4 Å². The van der Waals surface area contributed by atoms with Gasteiger partial charge in [-0.25, -0.2) is 0 Å². The third kappa shape index (κ3) is 3.81. The average Bonchev–Trinajstić information content (AvgIpc) is 2.36. The van der Waals surface area contributed by atoms with Crippen molar-refractivity contribution in [2.24, 2.45) is 0 Å². The van der Waals surface area contributed by atoms with Crippen molar-refractivity contribution in [2.75, 3.05) is 5.88 Å². The van der Waals surface area contributed by atoms with E-state index in [0.717, 1.165) is 12.1 Å². The number of aldehydes is 1. The topological polar surface area (TPSA) is 86.5 Å². The minimum Gasteiger partial charge on any atom is -0.426 e. The zero-order valence-electron chi connectivity index (χ0n) is 9.30. The number of nitro groups is 1. The summed E-state index contributed by atoms with van der Waals surface area (Å²) in [6, 6.07) is 3.44. The number of halogens is 1. The Bertz CT molecular complexity index is 475. The third-order valence-corrected chi connectivity index (χ3v) is 2.34. The molecule has 0 aliphatic carbocycles. The minimum atomic E-state index is -0.633. The third-order valence-electron chi connectivity index (χ3n) is 2.07. The predicted octanol–water partition coefficient (Wildman–Crippen LogP) is 2.33. The lowest BCUT2D eigenvalue weighted by atomic mass is 10.2. The molecule has 0 spiro atoms. The van der Waals surface area contributed by atoms with Crippen LogP contribution >= 0.6 is 11.6 Å². The Labute approximate surface area is 108 Å². The first-order chi connectivity index (χ1) is 8.58. The molecule has 7 heteroatoms. The van der Waals surface area contributed by atoms with Gasteiger partial charge in [-0.15, -0.1) is 11.6 Å². The summed E-state index contributed by atoms with van der Waals surface area (Å²) in [6.45, 7) is 0. The van der Waals surface area contributed by atoms with Crippen molar-refractivity contribution < 1.29 is 19.2 Å². The van der Waals surface area contributed by atoms with Gasteiger partial charge in [0.1, 0.15) is 5.75 Å². The highest BCUT2D eigenvalue weighted by Gasteiger charge is 2.13. The maximum atomic E-state index is 11.3. The number of alkyl halides is 1. The number of nitro benzene ring substituents is 1. The molecule has 0 atom stereocenters. The second-order valence-corrected chi connectivity index (χ2v) is 3.74. The van der Waals surface area contributed by atoms with E-state index in [2.05, 4.69) is 0 Å². The number of ether oxygens (including phenoxy) is 1. The molecule has 0 aromatic heterocycles. The van der Waals surface area contributed by atoms with Gasteiger partial charge in [-0.2, -0.15) is 0 Å². The Kier molecular flexibility index (Phi) is 5.26. The molecule has 1 aromatic carbocycles. The molecular weight excluding hydrogens is 262 g/mol. The van der Waals surface area contributed by atoms with Crippen LogP contribution in [0, 0.1) is 10.1 Å². The normalized spacial score (nSPS) is 9.83. The van der Waals surface area contributed by atoms with E-state index in [0.29, 0.717) is 18.6 Å². The number of non-ortho nitro benzene ring substituents is 1. The number of hydrogen-bond donors (Lipinski definition) is 0. The molecule has 0 amide bonds. The molecule has 0 aliphatic rings. The van der Waals surface area contributed by atoms with Gasteiger partial charge in [-0.05, 0) is 12.5 Å². The van der Waals surface area contributed by atoms with E-state index in [1.165, 1.54) is 6.07 Å². The van der Waals surface area contributed by atoms with Crippen LogP contribution in [0.25, 0.3) is 0 Å². The molecule has 0 saturated carbocycles. The zero-order valence-corrected chi connectivity index (χ0v) is 10.1. The second kappa shape index (κ2) is 6.70. The molecule has 96 valence electrons. The first-order valence-corrected chi connectivity index (χ1v) is 5.62. The van der Waals surface area contributed by atoms with Crippen LogP contribution in [0.3, 0.4) is 0 Å². The fourth-order valence-electron chi connectivity index (χ4n) is 1.22. The molecule has 6 nitrogen and oxygen atoms in total. The van der Waals surface area contributed by atoms with Crippen LogP contribution in [0.2, 0.25) is 0 Å². The van der Waals surface area contributed by atoms with Crippen molar-refractivity contribution >= 4 is 29.5 Å². The van der Waals surface area contributed by atoms with Crippen LogP contribution in [0.4, 0.5) is 5.69 Å². The van der Waals surface area contributed by atoms with Crippen molar-refractivity contribution in [3.8, 4) is 5.75 Å². The van der Waals surface area contributed by atoms with Gasteiger partial charge in [-0.3, -0.25) is 19.7 Å². The van der Waals surface area contributed by atoms with Gasteiger partial charge in [0.05, 0.1) is 10.5 Å². The maximum absolute atomic E-state index is 11.3. The largest absolute Gasteiger partial charge is 0.426 e. The van der Waals surface area contributed by atoms with E-state index < -0.39 is 10.9 Å². The quantitative estimate of drug-likeness (QED) is 0.198. The summed E-state index contributed by atoms with van der Waals surface area (Å²) in [5, 5.41) is 10.5. The molecule has 0 bridgehead atoms. The van der Waals surface area contributed by atoms with E-state index in [9.17, 15) is 19.7 Å². The van der Waals surface area contributed by atoms with Gasteiger partial charge in [0.2, 0.25) is 0 Å². The van der Waals surface area contributed by atoms with Gasteiger partial charge in [-0.1, -0.05) is 0 Å². The van der Waals surface area contributed by atoms with Crippen molar-refractivity contribution in [1.29, 1.82) is 0 Å². The number of esters is 1. The van der Waals surface area contributed by atoms with Crippen LogP contribution < -0.4 is 4.74 Å². The molecule has 0 radical (unpaired) electrons. The van der Waals surface area contributed by atoms with Crippen molar-refractivity contribution in [3.05, 3.63) is 33.9 Å². The second-order valence-electron chi connectivity index (χ2n) is 3.36. The van der Waals surface area contributed by atoms with Crippen LogP contribution in [0.15, 0.2) is 18.2 Å². The molecular formula is C11H10ClNO5. The SMILES string of the molecule is O=Cc1cc([N+](=O)[O-])ccc1OC(=O)CCCCl. The Morgan fingerprint density at radius 3 is 2.78 bits per heavy atom. The van der Waals surface area contributed by atoms with Crippen molar-refractivity contribution in [2.45, 2.75) is 12.8 Å². The van der Waals surface area contributed by atoms with E-state index >= 15 is 0 Å². The fraction of sp³-hybridized carbons (Fsp3) is 0.273. The Morgan fingerprint density at radius 2 is 2.22 bits per heavy atom. The van der Waals surface area contributed by atoms with Gasteiger partial charge < -0.3 is 4.74 Å². The summed E-state index contributed by atoms with van der Waals surface area (Å²) in [6.07, 6.45) is 0.986. The predicted molar refractivity (Wildman–Crippen MR) is 64.1 cm³/mol. The van der Waals surface area contributed by atoms with E-state index in [1.807, 2.05) is 0 Å². The Morgan fingerprint density at radius 1 is 1.50 bits per heavy atom. The van der Waals surface area contributed by atoms with Crippen LogP contribution in [0.1, 0.15) is 23.2 Å². The minimum absolute atomic E-state index is 0.00942. The molecule has 0 saturated heterocycles. The number of nitrogens with zero attached hydrogens (tertiary/aromatic N) is 1. The van der Waals surface area contributed by atoms with Crippen LogP contribution in [-0.4, -0.2) is 23.1 Å². The molecule has 0 heterocycles. The highest BCUT2D eigenvalue weighted by Crippen LogP contribution is 2.23. The molecule has 18 heavy (non-hydrogen) atoms. The summed E-state index contributed by atoms with van der Waals surface area (Å²) in [5.41, 5.74) is -0.277. The Hall–Kier alpha value is -1.95. The molecule has 0 N–H and O–H groups in total. The fourth-order valence-corrected chi connectivity index (χ4v) is 1.35. The maximum Gasteiger partial charge on any atom is 0.311 e. The van der Waals surface area contributed by atoms with Crippen molar-refractivity contribution in [1.82, 2.24) is 0 Å². The number of carbonyl (C=O) groups is 2.